The summed E-state index contributed by atoms with van der Waals surface area (Å²) in [5.41, 5.74) is 9.15. The maximum atomic E-state index is 11.6. The number of rotatable bonds is 4. The van der Waals surface area contributed by atoms with Crippen molar-refractivity contribution in [3.8, 4) is 0 Å². The molecule has 3 N–H and O–H groups in total. The molecule has 0 aromatic heterocycles. The number of benzene rings is 2. The van der Waals surface area contributed by atoms with Gasteiger partial charge in [0.1, 0.15) is 0 Å². The average molecular weight is 336 g/mol. The van der Waals surface area contributed by atoms with Crippen molar-refractivity contribution in [3.63, 3.8) is 0 Å². The molecular weight excluding hydrogens is 312 g/mol. The third-order valence-corrected chi connectivity index (χ3v) is 5.98. The first-order valence-corrected chi connectivity index (χ1v) is 8.99. The van der Waals surface area contributed by atoms with Crippen LogP contribution in [-0.4, -0.2) is 41.1 Å². The van der Waals surface area contributed by atoms with Gasteiger partial charge in [-0.1, -0.05) is 60.7 Å². The Labute approximate surface area is 148 Å². The lowest BCUT2D eigenvalue weighted by Gasteiger charge is -2.54. The van der Waals surface area contributed by atoms with E-state index in [0.29, 0.717) is 6.54 Å². The Morgan fingerprint density at radius 1 is 1.04 bits per heavy atom. The molecule has 25 heavy (non-hydrogen) atoms. The van der Waals surface area contributed by atoms with E-state index in [1.54, 1.807) is 0 Å². The number of nitrogens with two attached hydrogens (primary N) is 1. The first kappa shape index (κ1) is 16.3. The van der Waals surface area contributed by atoms with Crippen molar-refractivity contribution in [2.24, 2.45) is 17.6 Å². The van der Waals surface area contributed by atoms with Gasteiger partial charge in [0, 0.05) is 24.5 Å². The minimum Gasteiger partial charge on any atom is -0.481 e. The van der Waals surface area contributed by atoms with Crippen molar-refractivity contribution >= 4 is 5.97 Å². The van der Waals surface area contributed by atoms with E-state index in [1.165, 1.54) is 11.1 Å². The quantitative estimate of drug-likeness (QED) is 0.900. The number of nitrogens with zero attached hydrogens (tertiary/aromatic N) is 1. The maximum Gasteiger partial charge on any atom is 0.308 e. The molecular formula is C21H24N2O2. The summed E-state index contributed by atoms with van der Waals surface area (Å²) in [6, 6.07) is 20.9. The van der Waals surface area contributed by atoms with Crippen LogP contribution in [-0.2, 0) is 4.79 Å². The SMILES string of the molecule is NC1[C@H](C(c2ccccc2)c2ccccc2)N2CC[C@H]1[C@@H](C(=O)O)C2. The van der Waals surface area contributed by atoms with Crippen molar-refractivity contribution in [3.05, 3.63) is 71.8 Å². The lowest BCUT2D eigenvalue weighted by atomic mass is 9.67. The number of fused-ring (bicyclic) bond motifs is 3. The van der Waals surface area contributed by atoms with Gasteiger partial charge in [0.05, 0.1) is 5.92 Å². The standard InChI is InChI=1S/C21H24N2O2/c22-19-16-11-12-23(13-17(16)21(24)25)20(19)18(14-7-3-1-4-8-14)15-9-5-2-6-10-15/h1-10,16-20H,11-13,22H2,(H,24,25)/t16-,17-,19?,20-/m0/s1. The highest BCUT2D eigenvalue weighted by atomic mass is 16.4. The van der Waals surface area contributed by atoms with Gasteiger partial charge in [0.2, 0.25) is 0 Å². The second-order valence-corrected chi connectivity index (χ2v) is 7.26. The summed E-state index contributed by atoms with van der Waals surface area (Å²) in [7, 11) is 0. The van der Waals surface area contributed by atoms with Crippen LogP contribution < -0.4 is 5.73 Å². The molecule has 0 spiro atoms. The molecule has 3 heterocycles. The van der Waals surface area contributed by atoms with Gasteiger partial charge in [-0.2, -0.15) is 0 Å². The molecule has 0 saturated carbocycles. The van der Waals surface area contributed by atoms with Crippen LogP contribution in [0.5, 0.6) is 0 Å². The van der Waals surface area contributed by atoms with Crippen molar-refractivity contribution in [1.82, 2.24) is 4.90 Å². The summed E-state index contributed by atoms with van der Waals surface area (Å²) in [5.74, 6) is -0.830. The Kier molecular flexibility index (Phi) is 4.32. The summed E-state index contributed by atoms with van der Waals surface area (Å²) in [4.78, 5) is 13.9. The molecule has 2 aromatic rings. The number of piperidine rings is 3. The number of carboxylic acids is 1. The minimum absolute atomic E-state index is 0.0578. The van der Waals surface area contributed by atoms with Crippen LogP contribution in [0, 0.1) is 11.8 Å². The van der Waals surface area contributed by atoms with Gasteiger partial charge >= 0.3 is 5.97 Å². The summed E-state index contributed by atoms with van der Waals surface area (Å²) in [6.45, 7) is 1.54. The molecule has 130 valence electrons. The predicted molar refractivity (Wildman–Crippen MR) is 97.3 cm³/mol. The predicted octanol–water partition coefficient (Wildman–Crippen LogP) is 2.55. The first-order valence-electron chi connectivity index (χ1n) is 8.99. The van der Waals surface area contributed by atoms with E-state index in [9.17, 15) is 9.90 Å². The van der Waals surface area contributed by atoms with E-state index in [0.717, 1.165) is 13.0 Å². The lowest BCUT2D eigenvalue weighted by Crippen LogP contribution is -2.67. The molecule has 5 rings (SSSR count). The molecule has 0 aliphatic carbocycles. The van der Waals surface area contributed by atoms with E-state index >= 15 is 0 Å². The molecule has 2 unspecified atom stereocenters. The highest BCUT2D eigenvalue weighted by molar-refractivity contribution is 5.71. The number of hydrogen-bond acceptors (Lipinski definition) is 3. The van der Waals surface area contributed by atoms with E-state index < -0.39 is 5.97 Å². The zero-order valence-corrected chi connectivity index (χ0v) is 14.2. The average Bonchev–Trinajstić information content (AvgIpc) is 2.66. The van der Waals surface area contributed by atoms with Crippen LogP contribution >= 0.6 is 0 Å². The van der Waals surface area contributed by atoms with E-state index in [-0.39, 0.29) is 29.8 Å². The molecule has 3 saturated heterocycles. The largest absolute Gasteiger partial charge is 0.481 e. The van der Waals surface area contributed by atoms with Gasteiger partial charge in [-0.25, -0.2) is 0 Å². The summed E-state index contributed by atoms with van der Waals surface area (Å²) < 4.78 is 0. The number of carboxylic acid groups (broad SMARTS) is 1. The van der Waals surface area contributed by atoms with Gasteiger partial charge in [0.15, 0.2) is 0 Å². The van der Waals surface area contributed by atoms with E-state index in [1.807, 2.05) is 12.1 Å². The third-order valence-electron chi connectivity index (χ3n) is 5.98. The molecule has 3 aliphatic heterocycles. The topological polar surface area (TPSA) is 66.6 Å². The van der Waals surface area contributed by atoms with Gasteiger partial charge in [-0.05, 0) is 30.0 Å². The van der Waals surface area contributed by atoms with E-state index in [2.05, 4.69) is 53.4 Å². The van der Waals surface area contributed by atoms with Gasteiger partial charge in [-0.3, -0.25) is 9.69 Å². The van der Waals surface area contributed by atoms with Crippen molar-refractivity contribution in [1.29, 1.82) is 0 Å². The van der Waals surface area contributed by atoms with Crippen LogP contribution in [0.4, 0.5) is 0 Å². The molecule has 0 amide bonds. The fraction of sp³-hybridized carbons (Fsp3) is 0.381. The molecule has 0 radical (unpaired) electrons. The normalized spacial score (nSPS) is 31.2. The molecule has 2 aromatic carbocycles. The number of carbonyl (C=O) groups is 1. The van der Waals surface area contributed by atoms with Gasteiger partial charge in [0.25, 0.3) is 0 Å². The number of aliphatic carboxylic acids is 1. The smallest absolute Gasteiger partial charge is 0.308 e. The zero-order chi connectivity index (χ0) is 17.4. The summed E-state index contributed by atoms with van der Waals surface area (Å²) in [5, 5.41) is 9.55. The molecule has 3 fully saturated rings. The first-order chi connectivity index (χ1) is 12.2. The maximum absolute atomic E-state index is 11.6. The fourth-order valence-electron chi connectivity index (χ4n) is 4.83. The molecule has 4 nitrogen and oxygen atoms in total. The Hall–Kier alpha value is -2.17. The monoisotopic (exact) mass is 336 g/mol. The van der Waals surface area contributed by atoms with Crippen molar-refractivity contribution in [2.45, 2.75) is 24.4 Å². The molecule has 3 aliphatic rings. The zero-order valence-electron chi connectivity index (χ0n) is 14.2. The van der Waals surface area contributed by atoms with Crippen molar-refractivity contribution in [2.75, 3.05) is 13.1 Å². The molecule has 5 atom stereocenters. The Morgan fingerprint density at radius 3 is 2.08 bits per heavy atom. The fourth-order valence-corrected chi connectivity index (χ4v) is 4.83. The minimum atomic E-state index is -0.709. The van der Waals surface area contributed by atoms with E-state index in [4.69, 9.17) is 5.73 Å². The van der Waals surface area contributed by atoms with Gasteiger partial charge in [-0.15, -0.1) is 0 Å². The highest BCUT2D eigenvalue weighted by Gasteiger charge is 2.51. The Balaban J connectivity index is 1.75. The van der Waals surface area contributed by atoms with Crippen LogP contribution in [0.1, 0.15) is 23.5 Å². The molecule has 4 heteroatoms. The highest BCUT2D eigenvalue weighted by Crippen LogP contribution is 2.43. The van der Waals surface area contributed by atoms with Crippen LogP contribution in [0.15, 0.2) is 60.7 Å². The second-order valence-electron chi connectivity index (χ2n) is 7.26. The van der Waals surface area contributed by atoms with Crippen molar-refractivity contribution < 1.29 is 9.90 Å². The number of hydrogen-bond donors (Lipinski definition) is 2. The van der Waals surface area contributed by atoms with Gasteiger partial charge < -0.3 is 10.8 Å². The Bertz CT molecular complexity index is 693. The summed E-state index contributed by atoms with van der Waals surface area (Å²) in [6.07, 6.45) is 0.880. The Morgan fingerprint density at radius 2 is 1.60 bits per heavy atom. The third kappa shape index (κ3) is 2.86. The lowest BCUT2D eigenvalue weighted by molar-refractivity contribution is -0.151. The van der Waals surface area contributed by atoms with Crippen LogP contribution in [0.3, 0.4) is 0 Å². The summed E-state index contributed by atoms with van der Waals surface area (Å²) >= 11 is 0. The molecule has 2 bridgehead atoms. The van der Waals surface area contributed by atoms with Crippen LogP contribution in [0.2, 0.25) is 0 Å². The van der Waals surface area contributed by atoms with Crippen LogP contribution in [0.25, 0.3) is 0 Å². The second kappa shape index (κ2) is 6.62.